The standard InChI is InChI=1S/C19H22N4O2/c24-18-15(10-13-4-1-2-6-16(13)22-18)19(25)23-9-3-5-14(12-23)17-11-20-7-8-21-17/h7-8,10-11,14H,1-6,9,12H2,(H,22,24)/t14-/m1/s1. The smallest absolute Gasteiger partial charge is 0.261 e. The molecule has 0 radical (unpaired) electrons. The molecule has 1 saturated heterocycles. The SMILES string of the molecule is O=C(c1cc2c([nH]c1=O)CCCC2)N1CCC[C@@H](c2cnccn2)C1. The second-order valence-electron chi connectivity index (χ2n) is 6.94. The molecule has 0 saturated carbocycles. The van der Waals surface area contributed by atoms with Gasteiger partial charge >= 0.3 is 0 Å². The van der Waals surface area contributed by atoms with E-state index < -0.39 is 0 Å². The molecule has 1 atom stereocenters. The highest BCUT2D eigenvalue weighted by Gasteiger charge is 2.28. The van der Waals surface area contributed by atoms with E-state index in [2.05, 4.69) is 15.0 Å². The Labute approximate surface area is 146 Å². The van der Waals surface area contributed by atoms with Crippen LogP contribution in [0.3, 0.4) is 0 Å². The molecule has 1 fully saturated rings. The van der Waals surface area contributed by atoms with Crippen molar-refractivity contribution < 1.29 is 4.79 Å². The zero-order valence-corrected chi connectivity index (χ0v) is 14.2. The van der Waals surface area contributed by atoms with E-state index in [0.717, 1.165) is 55.5 Å². The Hall–Kier alpha value is -2.50. The second-order valence-corrected chi connectivity index (χ2v) is 6.94. The number of rotatable bonds is 2. The van der Waals surface area contributed by atoms with E-state index in [1.165, 1.54) is 0 Å². The van der Waals surface area contributed by atoms with Gasteiger partial charge in [0.2, 0.25) is 0 Å². The van der Waals surface area contributed by atoms with Crippen LogP contribution < -0.4 is 5.56 Å². The lowest BCUT2D eigenvalue weighted by atomic mass is 9.93. The van der Waals surface area contributed by atoms with E-state index in [1.54, 1.807) is 23.5 Å². The molecule has 25 heavy (non-hydrogen) atoms. The number of pyridine rings is 1. The number of aryl methyl sites for hydroxylation is 2. The van der Waals surface area contributed by atoms with Gasteiger partial charge in [0.15, 0.2) is 0 Å². The van der Waals surface area contributed by atoms with Gasteiger partial charge in [0.25, 0.3) is 11.5 Å². The third-order valence-electron chi connectivity index (χ3n) is 5.28. The molecule has 0 unspecified atom stereocenters. The summed E-state index contributed by atoms with van der Waals surface area (Å²) in [6, 6.07) is 1.82. The predicted molar refractivity (Wildman–Crippen MR) is 93.6 cm³/mol. The van der Waals surface area contributed by atoms with Crippen molar-refractivity contribution in [2.45, 2.75) is 44.4 Å². The van der Waals surface area contributed by atoms with Crippen LogP contribution in [-0.4, -0.2) is 38.8 Å². The van der Waals surface area contributed by atoms with Gasteiger partial charge in [-0.25, -0.2) is 0 Å². The molecule has 4 rings (SSSR count). The minimum Gasteiger partial charge on any atom is -0.338 e. The van der Waals surface area contributed by atoms with Gasteiger partial charge in [-0.1, -0.05) is 0 Å². The zero-order chi connectivity index (χ0) is 17.2. The number of amides is 1. The molecule has 1 N–H and O–H groups in total. The highest BCUT2D eigenvalue weighted by atomic mass is 16.2. The molecule has 0 bridgehead atoms. The number of hydrogen-bond donors (Lipinski definition) is 1. The van der Waals surface area contributed by atoms with Crippen LogP contribution in [0, 0.1) is 0 Å². The summed E-state index contributed by atoms with van der Waals surface area (Å²) in [5, 5.41) is 0. The molecule has 1 aliphatic carbocycles. The summed E-state index contributed by atoms with van der Waals surface area (Å²) < 4.78 is 0. The summed E-state index contributed by atoms with van der Waals surface area (Å²) in [6.07, 6.45) is 11.1. The molecule has 2 aromatic heterocycles. The van der Waals surface area contributed by atoms with Gasteiger partial charge in [-0.2, -0.15) is 0 Å². The van der Waals surface area contributed by atoms with Crippen molar-refractivity contribution in [1.82, 2.24) is 19.9 Å². The number of fused-ring (bicyclic) bond motifs is 1. The molecular weight excluding hydrogens is 316 g/mol. The molecule has 0 aromatic carbocycles. The van der Waals surface area contributed by atoms with E-state index >= 15 is 0 Å². The first-order valence-corrected chi connectivity index (χ1v) is 9.02. The summed E-state index contributed by atoms with van der Waals surface area (Å²) in [4.78, 5) is 38.6. The Morgan fingerprint density at radius 3 is 2.92 bits per heavy atom. The summed E-state index contributed by atoms with van der Waals surface area (Å²) >= 11 is 0. The zero-order valence-electron chi connectivity index (χ0n) is 14.2. The van der Waals surface area contributed by atoms with E-state index in [0.29, 0.717) is 13.1 Å². The number of aromatic amines is 1. The highest BCUT2D eigenvalue weighted by Crippen LogP contribution is 2.26. The fourth-order valence-electron chi connectivity index (χ4n) is 3.93. The van der Waals surface area contributed by atoms with Crippen molar-refractivity contribution in [3.63, 3.8) is 0 Å². The quantitative estimate of drug-likeness (QED) is 0.909. The van der Waals surface area contributed by atoms with E-state index in [1.807, 2.05) is 6.07 Å². The Morgan fingerprint density at radius 1 is 1.20 bits per heavy atom. The first-order chi connectivity index (χ1) is 12.2. The maximum atomic E-state index is 13.0. The number of nitrogens with one attached hydrogen (secondary N) is 1. The van der Waals surface area contributed by atoms with Crippen LogP contribution in [0.15, 0.2) is 29.5 Å². The van der Waals surface area contributed by atoms with Crippen LogP contribution in [-0.2, 0) is 12.8 Å². The van der Waals surface area contributed by atoms with Gasteiger partial charge in [-0.05, 0) is 50.2 Å². The third kappa shape index (κ3) is 3.21. The largest absolute Gasteiger partial charge is 0.338 e. The molecule has 130 valence electrons. The number of piperidine rings is 1. The van der Waals surface area contributed by atoms with Crippen molar-refractivity contribution in [3.05, 3.63) is 57.5 Å². The summed E-state index contributed by atoms with van der Waals surface area (Å²) in [5.74, 6) is 0.0197. The summed E-state index contributed by atoms with van der Waals surface area (Å²) in [5.41, 5.74) is 3.06. The molecule has 2 aliphatic rings. The Balaban J connectivity index is 1.57. The first kappa shape index (κ1) is 16.0. The average Bonchev–Trinajstić information content (AvgIpc) is 2.68. The van der Waals surface area contributed by atoms with Crippen LogP contribution in [0.1, 0.15) is 58.9 Å². The van der Waals surface area contributed by atoms with Gasteiger partial charge in [0.1, 0.15) is 5.56 Å². The number of carbonyl (C=O) groups excluding carboxylic acids is 1. The number of nitrogens with zero attached hydrogens (tertiary/aromatic N) is 3. The van der Waals surface area contributed by atoms with Gasteiger partial charge < -0.3 is 9.88 Å². The molecular formula is C19H22N4O2. The monoisotopic (exact) mass is 338 g/mol. The van der Waals surface area contributed by atoms with Crippen molar-refractivity contribution in [2.24, 2.45) is 0 Å². The van der Waals surface area contributed by atoms with Crippen molar-refractivity contribution in [1.29, 1.82) is 0 Å². The number of H-pyrrole nitrogens is 1. The van der Waals surface area contributed by atoms with Crippen LogP contribution in [0.2, 0.25) is 0 Å². The van der Waals surface area contributed by atoms with Crippen LogP contribution >= 0.6 is 0 Å². The van der Waals surface area contributed by atoms with Crippen molar-refractivity contribution in [2.75, 3.05) is 13.1 Å². The van der Waals surface area contributed by atoms with Gasteiger partial charge in [0.05, 0.1) is 5.69 Å². The fraction of sp³-hybridized carbons (Fsp3) is 0.474. The second kappa shape index (κ2) is 6.78. The van der Waals surface area contributed by atoms with E-state index in [4.69, 9.17) is 0 Å². The van der Waals surface area contributed by atoms with Crippen LogP contribution in [0.5, 0.6) is 0 Å². The first-order valence-electron chi connectivity index (χ1n) is 9.02. The highest BCUT2D eigenvalue weighted by molar-refractivity contribution is 5.94. The molecule has 6 heteroatoms. The van der Waals surface area contributed by atoms with Gasteiger partial charge in [0, 0.05) is 43.3 Å². The summed E-state index contributed by atoms with van der Waals surface area (Å²) in [6.45, 7) is 1.28. The van der Waals surface area contributed by atoms with Crippen LogP contribution in [0.25, 0.3) is 0 Å². The molecule has 0 spiro atoms. The Morgan fingerprint density at radius 2 is 2.08 bits per heavy atom. The lowest BCUT2D eigenvalue weighted by molar-refractivity contribution is 0.0703. The lowest BCUT2D eigenvalue weighted by Gasteiger charge is -2.32. The number of hydrogen-bond acceptors (Lipinski definition) is 4. The fourth-order valence-corrected chi connectivity index (χ4v) is 3.93. The lowest BCUT2D eigenvalue weighted by Crippen LogP contribution is -2.41. The average molecular weight is 338 g/mol. The maximum absolute atomic E-state index is 13.0. The van der Waals surface area contributed by atoms with E-state index in [9.17, 15) is 9.59 Å². The van der Waals surface area contributed by atoms with Crippen molar-refractivity contribution >= 4 is 5.91 Å². The predicted octanol–water partition coefficient (Wildman–Crippen LogP) is 2.06. The number of aromatic nitrogens is 3. The third-order valence-corrected chi connectivity index (χ3v) is 5.28. The molecule has 1 aliphatic heterocycles. The van der Waals surface area contributed by atoms with Gasteiger partial charge in [-0.15, -0.1) is 0 Å². The van der Waals surface area contributed by atoms with Gasteiger partial charge in [-0.3, -0.25) is 19.6 Å². The minimum absolute atomic E-state index is 0.164. The maximum Gasteiger partial charge on any atom is 0.261 e. The summed E-state index contributed by atoms with van der Waals surface area (Å²) in [7, 11) is 0. The molecule has 3 heterocycles. The number of likely N-dealkylation sites (tertiary alicyclic amines) is 1. The number of carbonyl (C=O) groups is 1. The topological polar surface area (TPSA) is 79.0 Å². The van der Waals surface area contributed by atoms with Crippen LogP contribution in [0.4, 0.5) is 0 Å². The Bertz CT molecular complexity index is 831. The normalized spacial score (nSPS) is 20.2. The minimum atomic E-state index is -0.257. The molecule has 2 aromatic rings. The molecule has 6 nitrogen and oxygen atoms in total. The Kier molecular flexibility index (Phi) is 4.34. The van der Waals surface area contributed by atoms with E-state index in [-0.39, 0.29) is 22.9 Å². The van der Waals surface area contributed by atoms with Crippen molar-refractivity contribution in [3.8, 4) is 0 Å². The molecule has 1 amide bonds.